The standard InChI is InChI=1S/C17H13FN6O2/c1-26-14-7-19-15(23-17(14)25)13-8-24-16(20-9-21-24)12(22-13)6-10-4-2-3-5-11(10)18/h2-5,7-9H,6H2,1H3,(H,19,23,25). The zero-order chi connectivity index (χ0) is 18.1. The predicted molar refractivity (Wildman–Crippen MR) is 89.2 cm³/mol. The maximum absolute atomic E-state index is 14.0. The van der Waals surface area contributed by atoms with Crippen molar-refractivity contribution in [1.29, 1.82) is 0 Å². The molecular weight excluding hydrogens is 339 g/mol. The number of aromatic nitrogens is 6. The Kier molecular flexibility index (Phi) is 3.88. The van der Waals surface area contributed by atoms with Crippen molar-refractivity contribution >= 4 is 5.65 Å². The topological polar surface area (TPSA) is 98.3 Å². The molecule has 0 bridgehead atoms. The Hall–Kier alpha value is -3.62. The number of methoxy groups -OCH3 is 1. The van der Waals surface area contributed by atoms with Crippen LogP contribution in [0, 0.1) is 5.82 Å². The molecule has 0 saturated carbocycles. The lowest BCUT2D eigenvalue weighted by Gasteiger charge is -2.08. The number of benzene rings is 1. The molecule has 8 nitrogen and oxygen atoms in total. The number of halogens is 1. The molecule has 0 aliphatic rings. The fourth-order valence-electron chi connectivity index (χ4n) is 2.57. The van der Waals surface area contributed by atoms with E-state index in [1.807, 2.05) is 0 Å². The number of nitrogens with zero attached hydrogens (tertiary/aromatic N) is 6. The molecule has 26 heavy (non-hydrogen) atoms. The van der Waals surface area contributed by atoms with Crippen LogP contribution in [0.5, 0.6) is 11.6 Å². The van der Waals surface area contributed by atoms with Gasteiger partial charge in [-0.3, -0.25) is 0 Å². The molecule has 0 atom stereocenters. The van der Waals surface area contributed by atoms with E-state index in [-0.39, 0.29) is 29.7 Å². The molecule has 0 aliphatic carbocycles. The van der Waals surface area contributed by atoms with Gasteiger partial charge in [0.1, 0.15) is 17.8 Å². The van der Waals surface area contributed by atoms with Gasteiger partial charge in [0.15, 0.2) is 17.2 Å². The van der Waals surface area contributed by atoms with Crippen molar-refractivity contribution in [3.05, 3.63) is 60.1 Å². The molecule has 0 unspecified atom stereocenters. The number of fused-ring (bicyclic) bond motifs is 1. The Labute approximate surface area is 147 Å². The highest BCUT2D eigenvalue weighted by atomic mass is 19.1. The van der Waals surface area contributed by atoms with E-state index in [1.54, 1.807) is 24.4 Å². The normalized spacial score (nSPS) is 11.0. The largest absolute Gasteiger partial charge is 0.491 e. The van der Waals surface area contributed by atoms with Gasteiger partial charge in [0, 0.05) is 6.42 Å². The average molecular weight is 352 g/mol. The van der Waals surface area contributed by atoms with E-state index in [9.17, 15) is 9.50 Å². The van der Waals surface area contributed by atoms with Gasteiger partial charge in [0.25, 0.3) is 5.88 Å². The van der Waals surface area contributed by atoms with Crippen LogP contribution < -0.4 is 4.74 Å². The maximum Gasteiger partial charge on any atom is 0.258 e. The van der Waals surface area contributed by atoms with Gasteiger partial charge in [-0.25, -0.2) is 23.9 Å². The summed E-state index contributed by atoms with van der Waals surface area (Å²) >= 11 is 0. The first-order valence-electron chi connectivity index (χ1n) is 7.68. The second-order valence-corrected chi connectivity index (χ2v) is 5.45. The van der Waals surface area contributed by atoms with Gasteiger partial charge in [0.05, 0.1) is 25.2 Å². The number of rotatable bonds is 4. The lowest BCUT2D eigenvalue weighted by molar-refractivity contribution is 0.361. The molecule has 0 saturated heterocycles. The van der Waals surface area contributed by atoms with E-state index >= 15 is 0 Å². The van der Waals surface area contributed by atoms with Crippen molar-refractivity contribution in [2.24, 2.45) is 0 Å². The van der Waals surface area contributed by atoms with Crippen LogP contribution in [-0.4, -0.2) is 41.8 Å². The molecule has 0 amide bonds. The smallest absolute Gasteiger partial charge is 0.258 e. The molecule has 0 fully saturated rings. The lowest BCUT2D eigenvalue weighted by atomic mass is 10.1. The van der Waals surface area contributed by atoms with E-state index < -0.39 is 0 Å². The second-order valence-electron chi connectivity index (χ2n) is 5.45. The number of hydrogen-bond acceptors (Lipinski definition) is 7. The van der Waals surface area contributed by atoms with Gasteiger partial charge in [-0.1, -0.05) is 18.2 Å². The molecule has 0 aliphatic heterocycles. The second kappa shape index (κ2) is 6.36. The molecule has 130 valence electrons. The van der Waals surface area contributed by atoms with E-state index in [0.717, 1.165) is 0 Å². The molecule has 1 N–H and O–H groups in total. The molecule has 0 radical (unpaired) electrons. The number of hydrogen-bond donors (Lipinski definition) is 1. The molecule has 4 aromatic rings. The van der Waals surface area contributed by atoms with E-state index in [0.29, 0.717) is 22.6 Å². The van der Waals surface area contributed by atoms with Crippen molar-refractivity contribution in [3.63, 3.8) is 0 Å². The highest BCUT2D eigenvalue weighted by Gasteiger charge is 2.15. The fraction of sp³-hybridized carbons (Fsp3) is 0.118. The highest BCUT2D eigenvalue weighted by molar-refractivity contribution is 5.55. The summed E-state index contributed by atoms with van der Waals surface area (Å²) in [5, 5.41) is 14.0. The van der Waals surface area contributed by atoms with Crippen LogP contribution in [0.1, 0.15) is 11.3 Å². The Bertz CT molecular complexity index is 1100. The molecule has 3 aromatic heterocycles. The zero-order valence-electron chi connectivity index (χ0n) is 13.7. The van der Waals surface area contributed by atoms with Crippen LogP contribution in [0.4, 0.5) is 4.39 Å². The SMILES string of the molecule is COc1cnc(-c2cn3ncnc3c(Cc3ccccc3F)n2)nc1O. The van der Waals surface area contributed by atoms with E-state index in [1.165, 1.54) is 30.2 Å². The third-order valence-electron chi connectivity index (χ3n) is 3.83. The average Bonchev–Trinajstić information content (AvgIpc) is 3.12. The first-order chi connectivity index (χ1) is 12.7. The summed E-state index contributed by atoms with van der Waals surface area (Å²) in [6.45, 7) is 0. The van der Waals surface area contributed by atoms with Gasteiger partial charge in [-0.15, -0.1) is 0 Å². The minimum absolute atomic E-state index is 0.155. The quantitative estimate of drug-likeness (QED) is 0.600. The minimum atomic E-state index is -0.323. The van der Waals surface area contributed by atoms with Gasteiger partial charge in [0.2, 0.25) is 0 Å². The van der Waals surface area contributed by atoms with E-state index in [2.05, 4.69) is 25.0 Å². The first kappa shape index (κ1) is 15.9. The van der Waals surface area contributed by atoms with Crippen LogP contribution in [-0.2, 0) is 6.42 Å². The van der Waals surface area contributed by atoms with Gasteiger partial charge in [-0.2, -0.15) is 10.1 Å². The van der Waals surface area contributed by atoms with Crippen molar-refractivity contribution < 1.29 is 14.2 Å². The molecule has 3 heterocycles. The highest BCUT2D eigenvalue weighted by Crippen LogP contribution is 2.25. The summed E-state index contributed by atoms with van der Waals surface area (Å²) in [6, 6.07) is 6.47. The van der Waals surface area contributed by atoms with Gasteiger partial charge < -0.3 is 9.84 Å². The summed E-state index contributed by atoms with van der Waals surface area (Å²) in [5.41, 5.74) is 1.88. The van der Waals surface area contributed by atoms with Crippen LogP contribution >= 0.6 is 0 Å². The Morgan fingerprint density at radius 1 is 1.19 bits per heavy atom. The third-order valence-corrected chi connectivity index (χ3v) is 3.83. The summed E-state index contributed by atoms with van der Waals surface area (Å²) in [4.78, 5) is 16.8. The van der Waals surface area contributed by atoms with Crippen molar-refractivity contribution in [3.8, 4) is 23.1 Å². The predicted octanol–water partition coefficient (Wildman–Crippen LogP) is 2.03. The van der Waals surface area contributed by atoms with E-state index in [4.69, 9.17) is 4.74 Å². The lowest BCUT2D eigenvalue weighted by Crippen LogP contribution is -2.04. The fourth-order valence-corrected chi connectivity index (χ4v) is 2.57. The zero-order valence-corrected chi connectivity index (χ0v) is 13.7. The van der Waals surface area contributed by atoms with Crippen LogP contribution in [0.3, 0.4) is 0 Å². The maximum atomic E-state index is 14.0. The molecule has 9 heteroatoms. The van der Waals surface area contributed by atoms with Crippen molar-refractivity contribution in [2.75, 3.05) is 7.11 Å². The Morgan fingerprint density at radius 2 is 2.04 bits per heavy atom. The first-order valence-corrected chi connectivity index (χ1v) is 7.68. The summed E-state index contributed by atoms with van der Waals surface area (Å²) in [6.07, 6.45) is 4.55. The molecule has 1 aromatic carbocycles. The molecule has 0 spiro atoms. The van der Waals surface area contributed by atoms with Crippen molar-refractivity contribution in [1.82, 2.24) is 29.5 Å². The number of ether oxygens (including phenoxy) is 1. The van der Waals surface area contributed by atoms with Crippen LogP contribution in [0.15, 0.2) is 43.0 Å². The monoisotopic (exact) mass is 352 g/mol. The summed E-state index contributed by atoms with van der Waals surface area (Å²) in [5.74, 6) is -0.276. The van der Waals surface area contributed by atoms with Gasteiger partial charge >= 0.3 is 0 Å². The number of aromatic hydroxyl groups is 1. The Balaban J connectivity index is 1.82. The van der Waals surface area contributed by atoms with Crippen molar-refractivity contribution in [2.45, 2.75) is 6.42 Å². The summed E-state index contributed by atoms with van der Waals surface area (Å²) < 4.78 is 20.5. The van der Waals surface area contributed by atoms with Crippen LogP contribution in [0.25, 0.3) is 17.2 Å². The molecule has 4 rings (SSSR count). The summed E-state index contributed by atoms with van der Waals surface area (Å²) in [7, 11) is 1.41. The van der Waals surface area contributed by atoms with Gasteiger partial charge in [-0.05, 0) is 11.6 Å². The Morgan fingerprint density at radius 3 is 2.81 bits per heavy atom. The molecular formula is C17H13FN6O2. The minimum Gasteiger partial charge on any atom is -0.491 e. The third kappa shape index (κ3) is 2.79. The van der Waals surface area contributed by atoms with Crippen LogP contribution in [0.2, 0.25) is 0 Å².